The molecule has 1 nitrogen and oxygen atoms in total. The van der Waals surface area contributed by atoms with Crippen molar-refractivity contribution in [2.45, 2.75) is 109 Å². The monoisotopic (exact) mass is 330 g/mol. The number of hydrogen-bond acceptors (Lipinski definition) is 1. The minimum Gasteiger partial charge on any atom is -0.318 e. The molecule has 1 unspecified atom stereocenters. The summed E-state index contributed by atoms with van der Waals surface area (Å²) in [6.45, 7) is 5.76. The van der Waals surface area contributed by atoms with Gasteiger partial charge in [-0.25, -0.2) is 0 Å². The van der Waals surface area contributed by atoms with Crippen LogP contribution >= 0.6 is 12.6 Å². The predicted molar refractivity (Wildman–Crippen MR) is 106 cm³/mol. The number of rotatable bonds is 16. The van der Waals surface area contributed by atoms with E-state index in [9.17, 15) is 0 Å². The normalized spacial score (nSPS) is 13.5. The maximum Gasteiger partial charge on any atom is 0.129 e. The SMILES string of the molecule is CCCCCCCCCCCCCCCC[N+](C)(C)C(C)S. The van der Waals surface area contributed by atoms with Gasteiger partial charge >= 0.3 is 0 Å². The van der Waals surface area contributed by atoms with Crippen LogP contribution in [0.2, 0.25) is 0 Å². The van der Waals surface area contributed by atoms with Crippen LogP contribution in [0.25, 0.3) is 0 Å². The Morgan fingerprint density at radius 2 is 0.955 bits per heavy atom. The van der Waals surface area contributed by atoms with E-state index < -0.39 is 0 Å². The molecule has 0 saturated heterocycles. The standard InChI is InChI=1S/C20H43NS/c1-5-6-7-8-9-10-11-12-13-14-15-16-17-18-19-21(3,4)20(2)22/h20H,5-19H2,1-4H3/p+1. The van der Waals surface area contributed by atoms with E-state index in [1.807, 2.05) is 0 Å². The summed E-state index contributed by atoms with van der Waals surface area (Å²) in [5, 5.41) is 0.446. The van der Waals surface area contributed by atoms with Gasteiger partial charge in [0, 0.05) is 0 Å². The Hall–Kier alpha value is 0.310. The molecule has 0 N–H and O–H groups in total. The number of quaternary nitrogens is 1. The van der Waals surface area contributed by atoms with Crippen molar-refractivity contribution < 1.29 is 4.48 Å². The molecule has 0 aliphatic carbocycles. The Bertz CT molecular complexity index is 226. The fourth-order valence-corrected chi connectivity index (χ4v) is 3.02. The highest BCUT2D eigenvalue weighted by molar-refractivity contribution is 7.80. The van der Waals surface area contributed by atoms with Gasteiger partial charge in [-0.05, 0) is 19.8 Å². The van der Waals surface area contributed by atoms with E-state index in [2.05, 4.69) is 40.6 Å². The molecule has 0 aliphatic heterocycles. The lowest BCUT2D eigenvalue weighted by molar-refractivity contribution is -0.898. The lowest BCUT2D eigenvalue weighted by Gasteiger charge is -2.33. The van der Waals surface area contributed by atoms with Crippen molar-refractivity contribution in [1.29, 1.82) is 0 Å². The zero-order chi connectivity index (χ0) is 16.7. The third-order valence-corrected chi connectivity index (χ3v) is 5.72. The van der Waals surface area contributed by atoms with Crippen molar-refractivity contribution in [2.75, 3.05) is 20.6 Å². The summed E-state index contributed by atoms with van der Waals surface area (Å²) in [6.07, 6.45) is 20.1. The van der Waals surface area contributed by atoms with Gasteiger partial charge in [-0.15, -0.1) is 12.6 Å². The lowest BCUT2D eigenvalue weighted by atomic mass is 10.0. The van der Waals surface area contributed by atoms with Crippen LogP contribution in [0.15, 0.2) is 0 Å². The molecule has 0 aromatic rings. The van der Waals surface area contributed by atoms with Crippen molar-refractivity contribution in [3.63, 3.8) is 0 Å². The molecule has 1 atom stereocenters. The van der Waals surface area contributed by atoms with Gasteiger partial charge in [0.25, 0.3) is 0 Å². The molecule has 22 heavy (non-hydrogen) atoms. The first-order valence-corrected chi connectivity index (χ1v) is 10.5. The second kappa shape index (κ2) is 14.9. The molecule has 0 bridgehead atoms. The highest BCUT2D eigenvalue weighted by Crippen LogP contribution is 2.15. The van der Waals surface area contributed by atoms with Crippen LogP contribution in [0.3, 0.4) is 0 Å². The molecular weight excluding hydrogens is 286 g/mol. The van der Waals surface area contributed by atoms with Gasteiger partial charge in [0.1, 0.15) is 5.37 Å². The Morgan fingerprint density at radius 1 is 0.636 bits per heavy atom. The number of unbranched alkanes of at least 4 members (excludes halogenated alkanes) is 13. The van der Waals surface area contributed by atoms with Gasteiger partial charge in [0.2, 0.25) is 0 Å². The van der Waals surface area contributed by atoms with Gasteiger partial charge < -0.3 is 4.48 Å². The lowest BCUT2D eigenvalue weighted by Crippen LogP contribution is -2.45. The summed E-state index contributed by atoms with van der Waals surface area (Å²) >= 11 is 4.57. The Kier molecular flexibility index (Phi) is 15.1. The zero-order valence-electron chi connectivity index (χ0n) is 16.1. The van der Waals surface area contributed by atoms with Gasteiger partial charge in [0.15, 0.2) is 0 Å². The summed E-state index contributed by atoms with van der Waals surface area (Å²) in [5.74, 6) is 0. The fraction of sp³-hybridized carbons (Fsp3) is 1.00. The smallest absolute Gasteiger partial charge is 0.129 e. The molecule has 0 fully saturated rings. The van der Waals surface area contributed by atoms with Crippen molar-refractivity contribution >= 4 is 12.6 Å². The maximum absolute atomic E-state index is 4.57. The van der Waals surface area contributed by atoms with Crippen LogP contribution in [0.1, 0.15) is 104 Å². The summed E-state index contributed by atoms with van der Waals surface area (Å²) < 4.78 is 1.04. The van der Waals surface area contributed by atoms with Crippen LogP contribution in [0.5, 0.6) is 0 Å². The first kappa shape index (κ1) is 22.3. The molecular formula is C20H44NS+. The quantitative estimate of drug-likeness (QED) is 0.136. The Morgan fingerprint density at radius 3 is 1.27 bits per heavy atom. The van der Waals surface area contributed by atoms with Crippen LogP contribution in [-0.4, -0.2) is 30.5 Å². The molecule has 0 aliphatic rings. The molecule has 0 heterocycles. The topological polar surface area (TPSA) is 0 Å². The van der Waals surface area contributed by atoms with E-state index in [0.717, 1.165) is 4.48 Å². The minimum absolute atomic E-state index is 0.446. The predicted octanol–water partition coefficient (Wildman–Crippen LogP) is 6.82. The average molecular weight is 331 g/mol. The van der Waals surface area contributed by atoms with Gasteiger partial charge in [-0.3, -0.25) is 0 Å². The number of nitrogens with zero attached hydrogens (tertiary/aromatic N) is 1. The highest BCUT2D eigenvalue weighted by Gasteiger charge is 2.19. The molecule has 0 aromatic carbocycles. The Balaban J connectivity index is 3.15. The van der Waals surface area contributed by atoms with Crippen LogP contribution in [0.4, 0.5) is 0 Å². The summed E-state index contributed by atoms with van der Waals surface area (Å²) in [7, 11) is 4.58. The van der Waals surface area contributed by atoms with Crippen molar-refractivity contribution in [1.82, 2.24) is 0 Å². The van der Waals surface area contributed by atoms with Crippen molar-refractivity contribution in [2.24, 2.45) is 0 Å². The van der Waals surface area contributed by atoms with Crippen molar-refractivity contribution in [3.8, 4) is 0 Å². The highest BCUT2D eigenvalue weighted by atomic mass is 32.1. The van der Waals surface area contributed by atoms with Gasteiger partial charge in [0.05, 0.1) is 20.6 Å². The molecule has 0 radical (unpaired) electrons. The molecule has 0 aromatic heterocycles. The second-order valence-electron chi connectivity index (χ2n) is 7.73. The molecule has 0 rings (SSSR count). The van der Waals surface area contributed by atoms with E-state index in [-0.39, 0.29) is 0 Å². The van der Waals surface area contributed by atoms with E-state index in [1.54, 1.807) is 0 Å². The van der Waals surface area contributed by atoms with Crippen molar-refractivity contribution in [3.05, 3.63) is 0 Å². The minimum atomic E-state index is 0.446. The number of thiol groups is 1. The molecule has 2 heteroatoms. The second-order valence-corrected chi connectivity index (χ2v) is 8.48. The molecule has 0 saturated carbocycles. The third kappa shape index (κ3) is 13.9. The maximum atomic E-state index is 4.57. The Labute approximate surface area is 147 Å². The average Bonchev–Trinajstić information content (AvgIpc) is 2.47. The van der Waals surface area contributed by atoms with Gasteiger partial charge in [-0.2, -0.15) is 0 Å². The summed E-state index contributed by atoms with van der Waals surface area (Å²) in [5.41, 5.74) is 0. The fourth-order valence-electron chi connectivity index (χ4n) is 2.90. The zero-order valence-corrected chi connectivity index (χ0v) is 17.0. The summed E-state index contributed by atoms with van der Waals surface area (Å²) in [6, 6.07) is 0. The first-order valence-electron chi connectivity index (χ1n) is 10.0. The van der Waals surface area contributed by atoms with E-state index in [1.165, 1.54) is 96.4 Å². The van der Waals surface area contributed by atoms with E-state index in [4.69, 9.17) is 0 Å². The van der Waals surface area contributed by atoms with Crippen LogP contribution < -0.4 is 0 Å². The summed E-state index contributed by atoms with van der Waals surface area (Å²) in [4.78, 5) is 0. The molecule has 0 amide bonds. The van der Waals surface area contributed by atoms with Crippen LogP contribution in [-0.2, 0) is 0 Å². The first-order chi connectivity index (χ1) is 10.5. The van der Waals surface area contributed by atoms with E-state index >= 15 is 0 Å². The van der Waals surface area contributed by atoms with Crippen LogP contribution in [0, 0.1) is 0 Å². The third-order valence-electron chi connectivity index (χ3n) is 5.10. The van der Waals surface area contributed by atoms with Gasteiger partial charge in [-0.1, -0.05) is 84.0 Å². The molecule has 0 spiro atoms. The van der Waals surface area contributed by atoms with E-state index in [0.29, 0.717) is 5.37 Å². The number of hydrogen-bond donors (Lipinski definition) is 1. The largest absolute Gasteiger partial charge is 0.318 e. The molecule has 134 valence electrons.